The fourth-order valence-electron chi connectivity index (χ4n) is 1.04. The highest BCUT2D eigenvalue weighted by Crippen LogP contribution is 2.17. The van der Waals surface area contributed by atoms with E-state index in [1.807, 2.05) is 6.07 Å². The second kappa shape index (κ2) is 7.15. The first-order valence-corrected chi connectivity index (χ1v) is 6.35. The molecule has 1 amide bonds. The van der Waals surface area contributed by atoms with Gasteiger partial charge in [0.25, 0.3) is 0 Å². The second-order valence-electron chi connectivity index (χ2n) is 3.33. The lowest BCUT2D eigenvalue weighted by molar-refractivity contribution is -0.127. The molecule has 0 radical (unpaired) electrons. The molecule has 1 aromatic rings. The minimum Gasteiger partial charge on any atom is -0.344 e. The van der Waals surface area contributed by atoms with Gasteiger partial charge in [-0.25, -0.2) is 4.98 Å². The molecular weight excluding hydrogens is 258 g/mol. The summed E-state index contributed by atoms with van der Waals surface area (Å²) in [7, 11) is 1.69. The molecule has 0 aliphatic heterocycles. The smallest absolute Gasteiger partial charge is 0.232 e. The zero-order valence-corrected chi connectivity index (χ0v) is 11.0. The molecule has 0 atom stereocenters. The van der Waals surface area contributed by atoms with Crippen LogP contribution in [0.25, 0.3) is 0 Å². The van der Waals surface area contributed by atoms with Crippen LogP contribution < -0.4 is 0 Å². The van der Waals surface area contributed by atoms with Crippen LogP contribution in [-0.4, -0.2) is 35.1 Å². The Labute approximate surface area is 110 Å². The van der Waals surface area contributed by atoms with Gasteiger partial charge in [-0.2, -0.15) is 5.26 Å². The molecule has 1 aromatic heterocycles. The minimum atomic E-state index is -0.0120. The Kier molecular flexibility index (Phi) is 5.81. The van der Waals surface area contributed by atoms with Crippen molar-refractivity contribution in [1.82, 2.24) is 9.88 Å². The third kappa shape index (κ3) is 5.07. The largest absolute Gasteiger partial charge is 0.344 e. The van der Waals surface area contributed by atoms with Crippen molar-refractivity contribution in [1.29, 1.82) is 5.26 Å². The average molecular weight is 270 g/mol. The van der Waals surface area contributed by atoms with E-state index in [1.165, 1.54) is 11.8 Å². The molecule has 0 saturated heterocycles. The monoisotopic (exact) mass is 269 g/mol. The Hall–Kier alpha value is -1.25. The van der Waals surface area contributed by atoms with Gasteiger partial charge in [-0.3, -0.25) is 4.79 Å². The van der Waals surface area contributed by atoms with Gasteiger partial charge in [0, 0.05) is 19.8 Å². The molecule has 0 saturated carbocycles. The van der Waals surface area contributed by atoms with E-state index in [2.05, 4.69) is 4.98 Å². The Morgan fingerprint density at radius 1 is 1.65 bits per heavy atom. The summed E-state index contributed by atoms with van der Waals surface area (Å²) in [5, 5.41) is 9.75. The van der Waals surface area contributed by atoms with E-state index >= 15 is 0 Å². The third-order valence-corrected chi connectivity index (χ3v) is 3.18. The summed E-state index contributed by atoms with van der Waals surface area (Å²) in [6.07, 6.45) is 1.90. The van der Waals surface area contributed by atoms with Crippen LogP contribution in [0.4, 0.5) is 0 Å². The quantitative estimate of drug-likeness (QED) is 0.769. The van der Waals surface area contributed by atoms with Crippen molar-refractivity contribution in [3.05, 3.63) is 23.4 Å². The van der Waals surface area contributed by atoms with Crippen LogP contribution in [0.1, 0.15) is 6.42 Å². The number of halogens is 1. The third-order valence-electron chi connectivity index (χ3n) is 2.03. The summed E-state index contributed by atoms with van der Waals surface area (Å²) in [5.41, 5.74) is 0. The van der Waals surface area contributed by atoms with Crippen LogP contribution in [-0.2, 0) is 4.79 Å². The molecule has 17 heavy (non-hydrogen) atoms. The van der Waals surface area contributed by atoms with Crippen molar-refractivity contribution in [2.75, 3.05) is 19.3 Å². The zero-order valence-electron chi connectivity index (χ0n) is 9.39. The molecule has 0 spiro atoms. The molecule has 0 bridgehead atoms. The maximum atomic E-state index is 11.6. The van der Waals surface area contributed by atoms with E-state index in [-0.39, 0.29) is 5.91 Å². The number of aromatic nitrogens is 1. The van der Waals surface area contributed by atoms with Crippen molar-refractivity contribution in [3.8, 4) is 6.07 Å². The summed E-state index contributed by atoms with van der Waals surface area (Å²) in [5.74, 6) is 0.304. The summed E-state index contributed by atoms with van der Waals surface area (Å²) in [4.78, 5) is 17.3. The second-order valence-corrected chi connectivity index (χ2v) is 4.76. The number of thioether (sulfide) groups is 1. The Morgan fingerprint density at radius 3 is 3.00 bits per heavy atom. The van der Waals surface area contributed by atoms with Crippen molar-refractivity contribution < 1.29 is 4.79 Å². The van der Waals surface area contributed by atoms with Gasteiger partial charge in [0.2, 0.25) is 5.91 Å². The van der Waals surface area contributed by atoms with Crippen molar-refractivity contribution in [2.24, 2.45) is 0 Å². The summed E-state index contributed by atoms with van der Waals surface area (Å²) < 4.78 is 0. The molecule has 6 heteroatoms. The molecule has 4 nitrogen and oxygen atoms in total. The molecule has 0 aliphatic carbocycles. The minimum absolute atomic E-state index is 0.0120. The molecule has 90 valence electrons. The van der Waals surface area contributed by atoms with Gasteiger partial charge in [0.05, 0.1) is 28.3 Å². The molecule has 1 heterocycles. The van der Waals surface area contributed by atoms with E-state index in [0.717, 1.165) is 5.03 Å². The zero-order chi connectivity index (χ0) is 12.7. The molecule has 0 aromatic carbocycles. The summed E-state index contributed by atoms with van der Waals surface area (Å²) in [6, 6.07) is 5.52. The normalized spacial score (nSPS) is 9.71. The number of nitriles is 1. The lowest BCUT2D eigenvalue weighted by Gasteiger charge is -2.14. The molecule has 0 fully saturated rings. The first kappa shape index (κ1) is 13.8. The number of amides is 1. The number of carbonyl (C=O) groups excluding carboxylic acids is 1. The highest BCUT2D eigenvalue weighted by Gasteiger charge is 2.09. The van der Waals surface area contributed by atoms with Gasteiger partial charge in [-0.15, -0.1) is 0 Å². The molecule has 0 unspecified atom stereocenters. The van der Waals surface area contributed by atoms with E-state index in [1.54, 1.807) is 30.3 Å². The maximum Gasteiger partial charge on any atom is 0.232 e. The van der Waals surface area contributed by atoms with Crippen LogP contribution in [0.2, 0.25) is 5.02 Å². The SMILES string of the molecule is CN(CCC#N)C(=O)CSc1ccc(Cl)cn1. The van der Waals surface area contributed by atoms with Gasteiger partial charge < -0.3 is 4.90 Å². The van der Waals surface area contributed by atoms with Gasteiger partial charge in [0.1, 0.15) is 0 Å². The Morgan fingerprint density at radius 2 is 2.41 bits per heavy atom. The number of rotatable bonds is 5. The van der Waals surface area contributed by atoms with E-state index in [4.69, 9.17) is 16.9 Å². The molecular formula is C11H12ClN3OS. The summed E-state index contributed by atoms with van der Waals surface area (Å²) in [6.45, 7) is 0.462. The highest BCUT2D eigenvalue weighted by atomic mass is 35.5. The fraction of sp³-hybridized carbons (Fsp3) is 0.364. The predicted octanol–water partition coefficient (Wildman–Crippen LogP) is 2.20. The number of nitrogens with zero attached hydrogens (tertiary/aromatic N) is 3. The summed E-state index contributed by atoms with van der Waals surface area (Å²) >= 11 is 7.06. The van der Waals surface area contributed by atoms with Gasteiger partial charge >= 0.3 is 0 Å². The Balaban J connectivity index is 2.37. The number of hydrogen-bond acceptors (Lipinski definition) is 4. The van der Waals surface area contributed by atoms with Crippen LogP contribution in [0.3, 0.4) is 0 Å². The molecule has 1 rings (SSSR count). The van der Waals surface area contributed by atoms with Crippen LogP contribution in [0, 0.1) is 11.3 Å². The number of carbonyl (C=O) groups is 1. The highest BCUT2D eigenvalue weighted by molar-refractivity contribution is 7.99. The van der Waals surface area contributed by atoms with E-state index in [9.17, 15) is 4.79 Å². The predicted molar refractivity (Wildman–Crippen MR) is 67.8 cm³/mol. The van der Waals surface area contributed by atoms with Crippen LogP contribution in [0.15, 0.2) is 23.4 Å². The van der Waals surface area contributed by atoms with Gasteiger partial charge in [-0.1, -0.05) is 23.4 Å². The fourth-order valence-corrected chi connectivity index (χ4v) is 1.93. The molecule has 0 N–H and O–H groups in total. The lowest BCUT2D eigenvalue weighted by Crippen LogP contribution is -2.29. The standard InChI is InChI=1S/C11H12ClN3OS/c1-15(6-2-5-13)11(16)8-17-10-4-3-9(12)7-14-10/h3-4,7H,2,6,8H2,1H3. The van der Waals surface area contributed by atoms with Gasteiger partial charge in [0.15, 0.2) is 0 Å². The first-order valence-electron chi connectivity index (χ1n) is 4.98. The molecule has 0 aliphatic rings. The number of hydrogen-bond donors (Lipinski definition) is 0. The topological polar surface area (TPSA) is 57.0 Å². The van der Waals surface area contributed by atoms with Crippen molar-refractivity contribution in [2.45, 2.75) is 11.4 Å². The van der Waals surface area contributed by atoms with Crippen LogP contribution in [0.5, 0.6) is 0 Å². The van der Waals surface area contributed by atoms with E-state index in [0.29, 0.717) is 23.7 Å². The van der Waals surface area contributed by atoms with Gasteiger partial charge in [-0.05, 0) is 12.1 Å². The maximum absolute atomic E-state index is 11.6. The average Bonchev–Trinajstić information content (AvgIpc) is 2.34. The number of pyridine rings is 1. The lowest BCUT2D eigenvalue weighted by atomic mass is 10.4. The van der Waals surface area contributed by atoms with Crippen LogP contribution >= 0.6 is 23.4 Å². The first-order chi connectivity index (χ1) is 8.13. The van der Waals surface area contributed by atoms with Crippen molar-refractivity contribution >= 4 is 29.3 Å². The van der Waals surface area contributed by atoms with Crippen molar-refractivity contribution in [3.63, 3.8) is 0 Å². The van der Waals surface area contributed by atoms with E-state index < -0.39 is 0 Å². The Bertz CT molecular complexity index is 416.